The van der Waals surface area contributed by atoms with Crippen LogP contribution in [0.4, 0.5) is 13.2 Å². The van der Waals surface area contributed by atoms with Gasteiger partial charge in [0, 0.05) is 6.04 Å². The zero-order chi connectivity index (χ0) is 13.3. The summed E-state index contributed by atoms with van der Waals surface area (Å²) in [6.07, 6.45) is -0.718. The molecule has 1 heterocycles. The van der Waals surface area contributed by atoms with E-state index in [4.69, 9.17) is 5.11 Å². The van der Waals surface area contributed by atoms with E-state index in [0.29, 0.717) is 12.5 Å². The summed E-state index contributed by atoms with van der Waals surface area (Å²) in [6, 6.07) is -1.88. The molecule has 2 fully saturated rings. The fourth-order valence-electron chi connectivity index (χ4n) is 3.42. The second kappa shape index (κ2) is 5.07. The topological polar surface area (TPSA) is 40.5 Å². The highest BCUT2D eigenvalue weighted by atomic mass is 19.4. The summed E-state index contributed by atoms with van der Waals surface area (Å²) in [7, 11) is 0. The third-order valence-electron chi connectivity index (χ3n) is 4.20. The lowest BCUT2D eigenvalue weighted by Crippen LogP contribution is -2.50. The third-order valence-corrected chi connectivity index (χ3v) is 4.20. The lowest BCUT2D eigenvalue weighted by Gasteiger charge is -2.37. The molecule has 0 spiro atoms. The number of hydrogen-bond donors (Lipinski definition) is 1. The average Bonchev–Trinajstić information content (AvgIpc) is 2.67. The first-order valence-corrected chi connectivity index (χ1v) is 6.44. The number of carbonyl (C=O) groups is 1. The van der Waals surface area contributed by atoms with Gasteiger partial charge in [0.25, 0.3) is 0 Å². The van der Waals surface area contributed by atoms with Gasteiger partial charge >= 0.3 is 12.1 Å². The standard InChI is InChI=1S/C12H18F3NO2/c13-12(14,15)10(7-11(17)18)16-6-5-8-3-1-2-4-9(8)16/h8-10H,1-7H2,(H,17,18). The Morgan fingerprint density at radius 2 is 1.94 bits per heavy atom. The molecule has 2 rings (SSSR count). The molecule has 2 aliphatic rings. The van der Waals surface area contributed by atoms with E-state index in [0.717, 1.165) is 32.1 Å². The van der Waals surface area contributed by atoms with Crippen LogP contribution in [0, 0.1) is 5.92 Å². The van der Waals surface area contributed by atoms with Crippen LogP contribution in [-0.4, -0.2) is 40.8 Å². The molecule has 1 aliphatic carbocycles. The summed E-state index contributed by atoms with van der Waals surface area (Å²) in [5.74, 6) is -1.05. The van der Waals surface area contributed by atoms with Gasteiger partial charge in [0.2, 0.25) is 0 Å². The maximum Gasteiger partial charge on any atom is 0.404 e. The lowest BCUT2D eigenvalue weighted by molar-refractivity contribution is -0.194. The van der Waals surface area contributed by atoms with Crippen LogP contribution in [0.5, 0.6) is 0 Å². The molecular formula is C12H18F3NO2. The van der Waals surface area contributed by atoms with Crippen LogP contribution in [0.3, 0.4) is 0 Å². The first-order chi connectivity index (χ1) is 8.39. The maximum atomic E-state index is 13.0. The van der Waals surface area contributed by atoms with Crippen molar-refractivity contribution < 1.29 is 23.1 Å². The molecule has 1 N–H and O–H groups in total. The summed E-state index contributed by atoms with van der Waals surface area (Å²) in [4.78, 5) is 12.0. The van der Waals surface area contributed by atoms with Crippen molar-refractivity contribution in [1.82, 2.24) is 4.90 Å². The van der Waals surface area contributed by atoms with Crippen LogP contribution < -0.4 is 0 Å². The molecule has 3 nitrogen and oxygen atoms in total. The number of carboxylic acid groups (broad SMARTS) is 1. The SMILES string of the molecule is O=C(O)CC(N1CCC2CCCCC21)C(F)(F)F. The maximum absolute atomic E-state index is 13.0. The van der Waals surface area contributed by atoms with Crippen LogP contribution >= 0.6 is 0 Å². The smallest absolute Gasteiger partial charge is 0.404 e. The molecule has 1 aliphatic heterocycles. The van der Waals surface area contributed by atoms with Crippen molar-refractivity contribution in [2.75, 3.05) is 6.54 Å². The van der Waals surface area contributed by atoms with E-state index < -0.39 is 24.6 Å². The summed E-state index contributed by atoms with van der Waals surface area (Å²) < 4.78 is 39.0. The third kappa shape index (κ3) is 2.79. The molecule has 18 heavy (non-hydrogen) atoms. The van der Waals surface area contributed by atoms with Gasteiger partial charge < -0.3 is 5.11 Å². The Bertz CT molecular complexity index is 319. The zero-order valence-electron chi connectivity index (χ0n) is 10.1. The molecule has 6 heteroatoms. The molecule has 3 unspecified atom stereocenters. The Morgan fingerprint density at radius 1 is 1.28 bits per heavy atom. The van der Waals surface area contributed by atoms with Crippen LogP contribution in [-0.2, 0) is 4.79 Å². The molecule has 0 aromatic heterocycles. The van der Waals surface area contributed by atoms with Crippen molar-refractivity contribution in [3.8, 4) is 0 Å². The number of aliphatic carboxylic acids is 1. The van der Waals surface area contributed by atoms with Gasteiger partial charge in [0.1, 0.15) is 6.04 Å². The summed E-state index contributed by atoms with van der Waals surface area (Å²) in [5, 5.41) is 8.68. The van der Waals surface area contributed by atoms with Gasteiger partial charge in [-0.25, -0.2) is 0 Å². The predicted octanol–water partition coefficient (Wildman–Crippen LogP) is 2.66. The highest BCUT2D eigenvalue weighted by Gasteiger charge is 2.50. The average molecular weight is 265 g/mol. The number of nitrogens with zero attached hydrogens (tertiary/aromatic N) is 1. The quantitative estimate of drug-likeness (QED) is 0.852. The van der Waals surface area contributed by atoms with Crippen molar-refractivity contribution in [2.24, 2.45) is 5.92 Å². The minimum absolute atomic E-state index is 0.0651. The van der Waals surface area contributed by atoms with E-state index in [9.17, 15) is 18.0 Å². The zero-order valence-corrected chi connectivity index (χ0v) is 10.1. The number of carboxylic acids is 1. The molecule has 1 saturated heterocycles. The highest BCUT2D eigenvalue weighted by molar-refractivity contribution is 5.67. The normalized spacial score (nSPS) is 31.1. The molecule has 0 amide bonds. The number of alkyl halides is 3. The lowest BCUT2D eigenvalue weighted by atomic mass is 9.85. The van der Waals surface area contributed by atoms with E-state index in [1.54, 1.807) is 0 Å². The van der Waals surface area contributed by atoms with Crippen molar-refractivity contribution in [2.45, 2.75) is 56.8 Å². The van der Waals surface area contributed by atoms with Crippen molar-refractivity contribution >= 4 is 5.97 Å². The molecular weight excluding hydrogens is 247 g/mol. The van der Waals surface area contributed by atoms with Gasteiger partial charge in [-0.2, -0.15) is 13.2 Å². The first kappa shape index (κ1) is 13.6. The van der Waals surface area contributed by atoms with Gasteiger partial charge in [-0.1, -0.05) is 12.8 Å². The van der Waals surface area contributed by atoms with Gasteiger partial charge in [-0.15, -0.1) is 0 Å². The van der Waals surface area contributed by atoms with Gasteiger partial charge in [0.05, 0.1) is 6.42 Å². The Balaban J connectivity index is 2.13. The number of likely N-dealkylation sites (tertiary alicyclic amines) is 1. The Hall–Kier alpha value is -0.780. The number of rotatable bonds is 3. The highest BCUT2D eigenvalue weighted by Crippen LogP contribution is 2.41. The monoisotopic (exact) mass is 265 g/mol. The minimum atomic E-state index is -4.45. The van der Waals surface area contributed by atoms with Crippen LogP contribution in [0.1, 0.15) is 38.5 Å². The Labute approximate surface area is 104 Å². The number of hydrogen-bond acceptors (Lipinski definition) is 2. The Morgan fingerprint density at radius 3 is 2.56 bits per heavy atom. The molecule has 3 atom stereocenters. The fraction of sp³-hybridized carbons (Fsp3) is 0.917. The molecule has 0 aromatic carbocycles. The molecule has 104 valence electrons. The number of fused-ring (bicyclic) bond motifs is 1. The van der Waals surface area contributed by atoms with Gasteiger partial charge in [-0.3, -0.25) is 9.69 Å². The van der Waals surface area contributed by atoms with Gasteiger partial charge in [-0.05, 0) is 31.7 Å². The van der Waals surface area contributed by atoms with Crippen molar-refractivity contribution in [1.29, 1.82) is 0 Å². The molecule has 0 bridgehead atoms. The van der Waals surface area contributed by atoms with Crippen LogP contribution in [0.2, 0.25) is 0 Å². The summed E-state index contributed by atoms with van der Waals surface area (Å²) in [5.41, 5.74) is 0. The molecule has 0 radical (unpaired) electrons. The first-order valence-electron chi connectivity index (χ1n) is 6.44. The van der Waals surface area contributed by atoms with E-state index in [-0.39, 0.29) is 6.04 Å². The van der Waals surface area contributed by atoms with E-state index in [1.165, 1.54) is 4.90 Å². The van der Waals surface area contributed by atoms with Gasteiger partial charge in [0.15, 0.2) is 0 Å². The molecule has 0 aromatic rings. The minimum Gasteiger partial charge on any atom is -0.481 e. The predicted molar refractivity (Wildman–Crippen MR) is 59.2 cm³/mol. The number of halogens is 3. The van der Waals surface area contributed by atoms with E-state index >= 15 is 0 Å². The van der Waals surface area contributed by atoms with E-state index in [1.807, 2.05) is 0 Å². The Kier molecular flexibility index (Phi) is 3.84. The summed E-state index contributed by atoms with van der Waals surface area (Å²) >= 11 is 0. The van der Waals surface area contributed by atoms with Crippen LogP contribution in [0.25, 0.3) is 0 Å². The van der Waals surface area contributed by atoms with Crippen molar-refractivity contribution in [3.05, 3.63) is 0 Å². The van der Waals surface area contributed by atoms with Crippen molar-refractivity contribution in [3.63, 3.8) is 0 Å². The fourth-order valence-corrected chi connectivity index (χ4v) is 3.42. The second-order valence-electron chi connectivity index (χ2n) is 5.29. The largest absolute Gasteiger partial charge is 0.481 e. The van der Waals surface area contributed by atoms with Crippen LogP contribution in [0.15, 0.2) is 0 Å². The molecule has 1 saturated carbocycles. The van der Waals surface area contributed by atoms with E-state index in [2.05, 4.69) is 0 Å². The summed E-state index contributed by atoms with van der Waals surface area (Å²) in [6.45, 7) is 0.382. The second-order valence-corrected chi connectivity index (χ2v) is 5.29.